The molecule has 24 heavy (non-hydrogen) atoms. The minimum atomic E-state index is -3.56. The number of anilines is 1. The number of nitrogens with one attached hydrogen (secondary N) is 1. The number of hydrogen-bond donors (Lipinski definition) is 2. The molecule has 0 radical (unpaired) electrons. The summed E-state index contributed by atoms with van der Waals surface area (Å²) in [5.74, 6) is -0.179. The van der Waals surface area contributed by atoms with E-state index in [1.807, 2.05) is 13.8 Å². The molecule has 2 atom stereocenters. The van der Waals surface area contributed by atoms with Crippen LogP contribution in [0.3, 0.4) is 0 Å². The minimum absolute atomic E-state index is 0.0809. The van der Waals surface area contributed by atoms with E-state index < -0.39 is 10.0 Å². The van der Waals surface area contributed by atoms with Gasteiger partial charge in [0.2, 0.25) is 15.9 Å². The topological polar surface area (TPSA) is 92.5 Å². The summed E-state index contributed by atoms with van der Waals surface area (Å²) in [5, 5.41) is 2.84. The van der Waals surface area contributed by atoms with E-state index in [0.29, 0.717) is 30.8 Å². The molecule has 0 aromatic heterocycles. The van der Waals surface area contributed by atoms with Gasteiger partial charge in [-0.05, 0) is 43.9 Å². The van der Waals surface area contributed by atoms with Crippen molar-refractivity contribution in [3.63, 3.8) is 0 Å². The summed E-state index contributed by atoms with van der Waals surface area (Å²) in [7, 11) is -3.56. The molecule has 1 fully saturated rings. The summed E-state index contributed by atoms with van der Waals surface area (Å²) in [6.07, 6.45) is 2.32. The van der Waals surface area contributed by atoms with Gasteiger partial charge in [0.15, 0.2) is 0 Å². The number of sulfonamides is 1. The maximum atomic E-state index is 12.7. The Kier molecular flexibility index (Phi) is 6.01. The Balaban J connectivity index is 2.24. The predicted molar refractivity (Wildman–Crippen MR) is 95.2 cm³/mol. The van der Waals surface area contributed by atoms with E-state index in [9.17, 15) is 13.2 Å². The molecule has 1 aromatic carbocycles. The van der Waals surface area contributed by atoms with E-state index in [1.54, 1.807) is 25.1 Å². The van der Waals surface area contributed by atoms with E-state index in [0.717, 1.165) is 12.8 Å². The van der Waals surface area contributed by atoms with Crippen LogP contribution in [-0.2, 0) is 14.8 Å². The number of amides is 1. The largest absolute Gasteiger partial charge is 0.328 e. The molecule has 6 nitrogen and oxygen atoms in total. The van der Waals surface area contributed by atoms with Crippen LogP contribution in [0.2, 0.25) is 0 Å². The zero-order valence-electron chi connectivity index (χ0n) is 14.6. The van der Waals surface area contributed by atoms with Crippen molar-refractivity contribution in [1.29, 1.82) is 0 Å². The lowest BCUT2D eigenvalue weighted by molar-refractivity contribution is -0.119. The van der Waals surface area contributed by atoms with Gasteiger partial charge < -0.3 is 11.1 Å². The summed E-state index contributed by atoms with van der Waals surface area (Å²) in [4.78, 5) is 12.6. The van der Waals surface area contributed by atoms with Crippen LogP contribution in [0.1, 0.15) is 38.7 Å². The van der Waals surface area contributed by atoms with E-state index in [1.165, 1.54) is 4.31 Å². The van der Waals surface area contributed by atoms with Crippen molar-refractivity contribution in [2.45, 2.75) is 51.0 Å². The number of hydrogen-bond acceptors (Lipinski definition) is 4. The normalized spacial score (nSPS) is 21.2. The molecule has 0 bridgehead atoms. The van der Waals surface area contributed by atoms with Gasteiger partial charge in [0.25, 0.3) is 0 Å². The Labute approximate surface area is 144 Å². The molecule has 0 aliphatic heterocycles. The zero-order chi connectivity index (χ0) is 17.9. The van der Waals surface area contributed by atoms with Crippen LogP contribution in [0.4, 0.5) is 5.69 Å². The van der Waals surface area contributed by atoms with Crippen molar-refractivity contribution in [1.82, 2.24) is 4.31 Å². The Bertz CT molecular complexity index is 699. The number of rotatable bonds is 6. The van der Waals surface area contributed by atoms with Crippen LogP contribution in [0.25, 0.3) is 0 Å². The Hall–Kier alpha value is -1.44. The van der Waals surface area contributed by atoms with Crippen LogP contribution < -0.4 is 11.1 Å². The molecular weight excluding hydrogens is 326 g/mol. The summed E-state index contributed by atoms with van der Waals surface area (Å²) in [6, 6.07) is 5.10. The lowest BCUT2D eigenvalue weighted by Gasteiger charge is -2.20. The van der Waals surface area contributed by atoms with Crippen molar-refractivity contribution < 1.29 is 13.2 Å². The van der Waals surface area contributed by atoms with E-state index in [-0.39, 0.29) is 22.8 Å². The molecular formula is C17H27N3O3S. The third kappa shape index (κ3) is 3.96. The molecule has 7 heteroatoms. The van der Waals surface area contributed by atoms with Crippen molar-refractivity contribution in [3.8, 4) is 0 Å². The van der Waals surface area contributed by atoms with Gasteiger partial charge in [0.05, 0.1) is 4.90 Å². The van der Waals surface area contributed by atoms with Gasteiger partial charge in [-0.25, -0.2) is 8.42 Å². The highest BCUT2D eigenvalue weighted by atomic mass is 32.2. The Morgan fingerprint density at radius 2 is 1.96 bits per heavy atom. The predicted octanol–water partition coefficient (Wildman–Crippen LogP) is 2.09. The van der Waals surface area contributed by atoms with Gasteiger partial charge in [-0.2, -0.15) is 4.31 Å². The fourth-order valence-electron chi connectivity index (χ4n) is 3.16. The molecule has 2 unspecified atom stereocenters. The first kappa shape index (κ1) is 18.9. The Morgan fingerprint density at radius 3 is 2.50 bits per heavy atom. The first-order chi connectivity index (χ1) is 11.3. The molecule has 0 saturated heterocycles. The van der Waals surface area contributed by atoms with E-state index >= 15 is 0 Å². The SMILES string of the molecule is CCN(CC)S(=O)(=O)c1cc(NC(=O)C2CCC(N)C2)ccc1C. The number of benzene rings is 1. The van der Waals surface area contributed by atoms with Crippen LogP contribution >= 0.6 is 0 Å². The second-order valence-electron chi connectivity index (χ2n) is 6.33. The van der Waals surface area contributed by atoms with Crippen LogP contribution in [0, 0.1) is 12.8 Å². The summed E-state index contributed by atoms with van der Waals surface area (Å²) < 4.78 is 26.9. The monoisotopic (exact) mass is 353 g/mol. The lowest BCUT2D eigenvalue weighted by atomic mass is 10.1. The number of aryl methyl sites for hydroxylation is 1. The smallest absolute Gasteiger partial charge is 0.243 e. The Morgan fingerprint density at radius 1 is 1.29 bits per heavy atom. The fourth-order valence-corrected chi connectivity index (χ4v) is 4.87. The maximum absolute atomic E-state index is 12.7. The standard InChI is InChI=1S/C17H27N3O3S/c1-4-20(5-2)24(22,23)16-11-15(9-6-12(16)3)19-17(21)13-7-8-14(18)10-13/h6,9,11,13-14H,4-5,7-8,10,18H2,1-3H3,(H,19,21). The van der Waals surface area contributed by atoms with Crippen molar-refractivity contribution in [2.75, 3.05) is 18.4 Å². The molecule has 0 heterocycles. The van der Waals surface area contributed by atoms with Crippen LogP contribution in [0.15, 0.2) is 23.1 Å². The van der Waals surface area contributed by atoms with E-state index in [2.05, 4.69) is 5.32 Å². The van der Waals surface area contributed by atoms with Gasteiger partial charge in [-0.3, -0.25) is 4.79 Å². The molecule has 2 rings (SSSR count). The number of nitrogens with zero attached hydrogens (tertiary/aromatic N) is 1. The van der Waals surface area contributed by atoms with Crippen molar-refractivity contribution in [3.05, 3.63) is 23.8 Å². The van der Waals surface area contributed by atoms with Crippen molar-refractivity contribution in [2.24, 2.45) is 11.7 Å². The van der Waals surface area contributed by atoms with Gasteiger partial charge in [0.1, 0.15) is 0 Å². The molecule has 1 aromatic rings. The lowest BCUT2D eigenvalue weighted by Crippen LogP contribution is -2.31. The highest BCUT2D eigenvalue weighted by molar-refractivity contribution is 7.89. The highest BCUT2D eigenvalue weighted by Gasteiger charge is 2.28. The van der Waals surface area contributed by atoms with Crippen molar-refractivity contribution >= 4 is 21.6 Å². The molecule has 1 aliphatic carbocycles. The van der Waals surface area contributed by atoms with Crippen LogP contribution in [0.5, 0.6) is 0 Å². The van der Waals surface area contributed by atoms with Gasteiger partial charge in [-0.1, -0.05) is 19.9 Å². The molecule has 1 saturated carbocycles. The third-order valence-electron chi connectivity index (χ3n) is 4.62. The number of nitrogens with two attached hydrogens (primary N) is 1. The number of carbonyl (C=O) groups is 1. The summed E-state index contributed by atoms with van der Waals surface area (Å²) in [6.45, 7) is 6.21. The molecule has 1 amide bonds. The molecule has 0 spiro atoms. The quantitative estimate of drug-likeness (QED) is 0.819. The highest BCUT2D eigenvalue weighted by Crippen LogP contribution is 2.27. The fraction of sp³-hybridized carbons (Fsp3) is 0.588. The first-order valence-corrected chi connectivity index (χ1v) is 9.90. The number of carbonyl (C=O) groups excluding carboxylic acids is 1. The molecule has 1 aliphatic rings. The van der Waals surface area contributed by atoms with Crippen LogP contribution in [-0.4, -0.2) is 37.8 Å². The summed E-state index contributed by atoms with van der Waals surface area (Å²) >= 11 is 0. The molecule has 3 N–H and O–H groups in total. The minimum Gasteiger partial charge on any atom is -0.328 e. The maximum Gasteiger partial charge on any atom is 0.243 e. The zero-order valence-corrected chi connectivity index (χ0v) is 15.4. The third-order valence-corrected chi connectivity index (χ3v) is 6.81. The second kappa shape index (κ2) is 7.63. The van der Waals surface area contributed by atoms with Gasteiger partial charge in [0, 0.05) is 30.7 Å². The van der Waals surface area contributed by atoms with Gasteiger partial charge in [-0.15, -0.1) is 0 Å². The summed E-state index contributed by atoms with van der Waals surface area (Å²) in [5.41, 5.74) is 7.04. The van der Waals surface area contributed by atoms with Gasteiger partial charge >= 0.3 is 0 Å². The van der Waals surface area contributed by atoms with E-state index in [4.69, 9.17) is 5.73 Å². The first-order valence-electron chi connectivity index (χ1n) is 8.46. The average Bonchev–Trinajstić information content (AvgIpc) is 2.96. The average molecular weight is 353 g/mol. The molecule has 134 valence electrons. The second-order valence-corrected chi connectivity index (χ2v) is 8.24.